The number of sulfone groups is 1. The Morgan fingerprint density at radius 3 is 2.42 bits per heavy atom. The van der Waals surface area contributed by atoms with Gasteiger partial charge in [-0.15, -0.1) is 0 Å². The molecule has 1 amide bonds. The van der Waals surface area contributed by atoms with Crippen LogP contribution in [0, 0.1) is 11.3 Å². The monoisotopic (exact) mass is 352 g/mol. The van der Waals surface area contributed by atoms with Crippen LogP contribution in [0.25, 0.3) is 0 Å². The minimum atomic E-state index is -3.49. The summed E-state index contributed by atoms with van der Waals surface area (Å²) >= 11 is 0. The van der Waals surface area contributed by atoms with Gasteiger partial charge in [-0.2, -0.15) is 0 Å². The Morgan fingerprint density at radius 2 is 1.92 bits per heavy atom. The van der Waals surface area contributed by atoms with Crippen LogP contribution in [0.15, 0.2) is 17.2 Å². The van der Waals surface area contributed by atoms with Crippen molar-refractivity contribution >= 4 is 15.7 Å². The van der Waals surface area contributed by atoms with Crippen molar-refractivity contribution in [3.05, 3.63) is 23.4 Å². The van der Waals surface area contributed by atoms with Crippen molar-refractivity contribution in [3.63, 3.8) is 0 Å². The van der Waals surface area contributed by atoms with E-state index in [1.807, 2.05) is 34.6 Å². The van der Waals surface area contributed by atoms with Gasteiger partial charge in [0, 0.05) is 6.54 Å². The third-order valence-electron chi connectivity index (χ3n) is 3.77. The van der Waals surface area contributed by atoms with Gasteiger partial charge < -0.3 is 5.32 Å². The number of hydrogen-bond donors (Lipinski definition) is 1. The third kappa shape index (κ3) is 5.03. The van der Waals surface area contributed by atoms with Gasteiger partial charge in [0.05, 0.1) is 5.75 Å². The van der Waals surface area contributed by atoms with Gasteiger partial charge in [0.25, 0.3) is 5.91 Å². The number of pyridine rings is 1. The van der Waals surface area contributed by atoms with Gasteiger partial charge in [-0.3, -0.25) is 4.79 Å². The summed E-state index contributed by atoms with van der Waals surface area (Å²) in [5, 5.41) is 2.93. The Bertz CT molecular complexity index is 714. The number of amides is 1. The Labute approximate surface area is 145 Å². The van der Waals surface area contributed by atoms with Crippen LogP contribution in [0.2, 0.25) is 0 Å². The second kappa shape index (κ2) is 6.82. The van der Waals surface area contributed by atoms with Crippen molar-refractivity contribution in [3.8, 4) is 0 Å². The molecule has 0 aromatic carbocycles. The van der Waals surface area contributed by atoms with E-state index in [1.165, 1.54) is 0 Å². The molecule has 24 heavy (non-hydrogen) atoms. The molecule has 0 bridgehead atoms. The van der Waals surface area contributed by atoms with Crippen molar-refractivity contribution in [2.45, 2.75) is 58.4 Å². The van der Waals surface area contributed by atoms with E-state index in [-0.39, 0.29) is 39.6 Å². The van der Waals surface area contributed by atoms with Gasteiger partial charge in [0.2, 0.25) is 0 Å². The molecule has 1 aromatic rings. The van der Waals surface area contributed by atoms with Crippen LogP contribution in [0.3, 0.4) is 0 Å². The van der Waals surface area contributed by atoms with Crippen molar-refractivity contribution < 1.29 is 13.2 Å². The van der Waals surface area contributed by atoms with Crippen LogP contribution in [0.5, 0.6) is 0 Å². The predicted octanol–water partition coefficient (Wildman–Crippen LogP) is 3.16. The maximum atomic E-state index is 12.7. The third-order valence-corrected chi connectivity index (χ3v) is 5.79. The summed E-state index contributed by atoms with van der Waals surface area (Å²) in [7, 11) is -3.49. The molecule has 5 nitrogen and oxygen atoms in total. The summed E-state index contributed by atoms with van der Waals surface area (Å²) < 4.78 is 25.4. The first-order valence-corrected chi connectivity index (χ1v) is 10.2. The summed E-state index contributed by atoms with van der Waals surface area (Å²) in [6.45, 7) is 10.3. The van der Waals surface area contributed by atoms with Crippen LogP contribution in [-0.4, -0.2) is 31.6 Å². The zero-order valence-corrected chi connectivity index (χ0v) is 16.0. The molecular weight excluding hydrogens is 324 g/mol. The first kappa shape index (κ1) is 18.9. The lowest BCUT2D eigenvalue weighted by molar-refractivity contribution is 0.0933. The number of rotatable bonds is 6. The topological polar surface area (TPSA) is 76.1 Å². The first-order chi connectivity index (χ1) is 11.0. The quantitative estimate of drug-likeness (QED) is 0.853. The van der Waals surface area contributed by atoms with Gasteiger partial charge in [0.15, 0.2) is 14.9 Å². The number of carbonyl (C=O) groups excluding carboxylic acids is 1. The van der Waals surface area contributed by atoms with Crippen LogP contribution >= 0.6 is 0 Å². The van der Waals surface area contributed by atoms with E-state index in [4.69, 9.17) is 0 Å². The number of nitrogens with zero attached hydrogens (tertiary/aromatic N) is 1. The molecule has 1 fully saturated rings. The second-order valence-corrected chi connectivity index (χ2v) is 10.2. The van der Waals surface area contributed by atoms with Crippen LogP contribution in [-0.2, 0) is 9.84 Å². The van der Waals surface area contributed by atoms with E-state index in [9.17, 15) is 13.2 Å². The van der Waals surface area contributed by atoms with E-state index in [1.54, 1.807) is 12.1 Å². The number of hydrogen-bond acceptors (Lipinski definition) is 4. The number of carbonyl (C=O) groups is 1. The zero-order valence-electron chi connectivity index (χ0n) is 15.2. The van der Waals surface area contributed by atoms with Gasteiger partial charge in [0.1, 0.15) is 5.69 Å². The molecule has 1 aromatic heterocycles. The van der Waals surface area contributed by atoms with E-state index >= 15 is 0 Å². The molecule has 1 aliphatic carbocycles. The van der Waals surface area contributed by atoms with Crippen molar-refractivity contribution in [2.75, 3.05) is 12.3 Å². The molecule has 1 saturated carbocycles. The highest BCUT2D eigenvalue weighted by Crippen LogP contribution is 2.42. The number of nitrogens with one attached hydrogen (secondary N) is 1. The average Bonchev–Trinajstić information content (AvgIpc) is 3.26. The summed E-state index contributed by atoms with van der Waals surface area (Å²) in [4.78, 5) is 16.6. The second-order valence-electron chi connectivity index (χ2n) is 8.28. The van der Waals surface area contributed by atoms with E-state index in [0.717, 1.165) is 18.4 Å². The van der Waals surface area contributed by atoms with Crippen molar-refractivity contribution in [1.82, 2.24) is 10.3 Å². The fourth-order valence-corrected chi connectivity index (χ4v) is 4.35. The van der Waals surface area contributed by atoms with Crippen LogP contribution < -0.4 is 5.32 Å². The van der Waals surface area contributed by atoms with Gasteiger partial charge in [-0.25, -0.2) is 13.4 Å². The minimum absolute atomic E-state index is 0.0160. The van der Waals surface area contributed by atoms with Crippen LogP contribution in [0.1, 0.15) is 69.4 Å². The summed E-state index contributed by atoms with van der Waals surface area (Å²) in [6, 6.07) is 3.41. The maximum absolute atomic E-state index is 12.7. The van der Waals surface area contributed by atoms with Crippen LogP contribution in [0.4, 0.5) is 0 Å². The molecule has 0 spiro atoms. The molecule has 0 atom stereocenters. The molecule has 1 aliphatic rings. The fourth-order valence-electron chi connectivity index (χ4n) is 2.49. The Kier molecular flexibility index (Phi) is 5.37. The van der Waals surface area contributed by atoms with E-state index < -0.39 is 9.84 Å². The lowest BCUT2D eigenvalue weighted by Crippen LogP contribution is -2.33. The molecule has 0 unspecified atom stereocenters. The highest BCUT2D eigenvalue weighted by molar-refractivity contribution is 7.91. The summed E-state index contributed by atoms with van der Waals surface area (Å²) in [5.41, 5.74) is 0.893. The smallest absolute Gasteiger partial charge is 0.269 e. The largest absolute Gasteiger partial charge is 0.350 e. The zero-order chi connectivity index (χ0) is 18.1. The lowest BCUT2D eigenvalue weighted by Gasteiger charge is -2.19. The standard InChI is InChI=1S/C18H28N2O3S/c1-12(2)10-24(22,23)17-14(13-6-7-13)8-9-15(20-17)16(21)19-11-18(3,4)5/h8-9,12-13H,6-7,10-11H2,1-5H3,(H,19,21). The molecule has 0 radical (unpaired) electrons. The summed E-state index contributed by atoms with van der Waals surface area (Å²) in [6.07, 6.45) is 1.98. The molecule has 0 aliphatic heterocycles. The fraction of sp³-hybridized carbons (Fsp3) is 0.667. The summed E-state index contributed by atoms with van der Waals surface area (Å²) in [5.74, 6) is 0.00360. The highest BCUT2D eigenvalue weighted by Gasteiger charge is 2.32. The van der Waals surface area contributed by atoms with E-state index in [0.29, 0.717) is 6.54 Å². The average molecular weight is 353 g/mol. The SMILES string of the molecule is CC(C)CS(=O)(=O)c1nc(C(=O)NCC(C)(C)C)ccc1C1CC1. The molecule has 134 valence electrons. The van der Waals surface area contributed by atoms with Gasteiger partial charge in [-0.1, -0.05) is 40.7 Å². The van der Waals surface area contributed by atoms with Crippen molar-refractivity contribution in [2.24, 2.45) is 11.3 Å². The Balaban J connectivity index is 2.33. The minimum Gasteiger partial charge on any atom is -0.350 e. The maximum Gasteiger partial charge on any atom is 0.269 e. The van der Waals surface area contributed by atoms with Crippen molar-refractivity contribution in [1.29, 1.82) is 0 Å². The molecular formula is C18H28N2O3S. The molecule has 0 saturated heterocycles. The molecule has 1 heterocycles. The van der Waals surface area contributed by atoms with Gasteiger partial charge in [-0.05, 0) is 41.7 Å². The Morgan fingerprint density at radius 1 is 1.29 bits per heavy atom. The first-order valence-electron chi connectivity index (χ1n) is 8.51. The highest BCUT2D eigenvalue weighted by atomic mass is 32.2. The predicted molar refractivity (Wildman–Crippen MR) is 94.9 cm³/mol. The van der Waals surface area contributed by atoms with Gasteiger partial charge >= 0.3 is 0 Å². The normalized spacial score (nSPS) is 15.6. The Hall–Kier alpha value is -1.43. The molecule has 2 rings (SSSR count). The lowest BCUT2D eigenvalue weighted by atomic mass is 9.97. The van der Waals surface area contributed by atoms with E-state index in [2.05, 4.69) is 10.3 Å². The molecule has 6 heteroatoms. The number of aromatic nitrogens is 1. The molecule has 1 N–H and O–H groups in total.